The van der Waals surface area contributed by atoms with Gasteiger partial charge in [0.2, 0.25) is 0 Å². The third-order valence-corrected chi connectivity index (χ3v) is 1.56. The maximum Gasteiger partial charge on any atom is 0.101 e. The van der Waals surface area contributed by atoms with E-state index in [1.165, 1.54) is 38.4 Å². The largest absolute Gasteiger partial charge is 0.330 e. The molecule has 0 bridgehead atoms. The Bertz CT molecular complexity index is 42.2. The van der Waals surface area contributed by atoms with Crippen molar-refractivity contribution in [2.24, 2.45) is 5.73 Å². The molecule has 9 heavy (non-hydrogen) atoms. The highest BCUT2D eigenvalue weighted by atomic mass is 14.5. The normalized spacial score (nSPS) is 9.89. The lowest BCUT2D eigenvalue weighted by Gasteiger charge is -1.96. The minimum atomic E-state index is 0.867. The fourth-order valence-electron chi connectivity index (χ4n) is 0.925. The third-order valence-electron chi connectivity index (χ3n) is 1.56. The Morgan fingerprint density at radius 2 is 1.44 bits per heavy atom. The number of unbranched alkanes of at least 4 members (excludes halogenated alkanes) is 4. The van der Waals surface area contributed by atoms with Gasteiger partial charge in [0.25, 0.3) is 0 Å². The highest BCUT2D eigenvalue weighted by molar-refractivity contribution is 6.08. The van der Waals surface area contributed by atoms with Gasteiger partial charge in [-0.1, -0.05) is 32.0 Å². The van der Waals surface area contributed by atoms with Crippen molar-refractivity contribution in [3.8, 4) is 0 Å². The molecule has 54 valence electrons. The van der Waals surface area contributed by atoms with E-state index in [0.29, 0.717) is 0 Å². The minimum absolute atomic E-state index is 0.867. The van der Waals surface area contributed by atoms with E-state index in [1.807, 2.05) is 0 Å². The highest BCUT2D eigenvalue weighted by Gasteiger charge is 1.85. The maximum atomic E-state index is 5.34. The Labute approximate surface area is 59.4 Å². The van der Waals surface area contributed by atoms with Crippen molar-refractivity contribution in [1.82, 2.24) is 0 Å². The van der Waals surface area contributed by atoms with Crippen molar-refractivity contribution in [2.75, 3.05) is 6.54 Å². The van der Waals surface area contributed by atoms with Crippen LogP contribution in [0, 0.1) is 0 Å². The molecule has 2 heteroatoms. The first-order valence-electron chi connectivity index (χ1n) is 4.12. The zero-order valence-corrected chi connectivity index (χ0v) is 6.53. The van der Waals surface area contributed by atoms with Crippen LogP contribution >= 0.6 is 0 Å². The molecule has 0 radical (unpaired) electrons. The van der Waals surface area contributed by atoms with Crippen LogP contribution in [0.1, 0.15) is 32.1 Å². The number of nitrogens with two attached hydrogens (primary N) is 1. The molecule has 2 N–H and O–H groups in total. The van der Waals surface area contributed by atoms with Crippen LogP contribution in [0.15, 0.2) is 0 Å². The minimum Gasteiger partial charge on any atom is -0.330 e. The Balaban J connectivity index is 2.60. The van der Waals surface area contributed by atoms with E-state index in [2.05, 4.69) is 7.85 Å². The van der Waals surface area contributed by atoms with Gasteiger partial charge in [-0.3, -0.25) is 0 Å². The first kappa shape index (κ1) is 9.02. The monoisotopic (exact) mass is 127 g/mol. The molecule has 0 heterocycles. The van der Waals surface area contributed by atoms with Crippen LogP contribution in [0.25, 0.3) is 0 Å². The Morgan fingerprint density at radius 3 is 2.00 bits per heavy atom. The molecule has 0 atom stereocenters. The molecule has 0 aromatic heterocycles. The summed E-state index contributed by atoms with van der Waals surface area (Å²) < 4.78 is 0. The summed E-state index contributed by atoms with van der Waals surface area (Å²) in [5, 5.41) is 0. The van der Waals surface area contributed by atoms with Gasteiger partial charge in [0, 0.05) is 0 Å². The summed E-state index contributed by atoms with van der Waals surface area (Å²) in [5.74, 6) is 0. The summed E-state index contributed by atoms with van der Waals surface area (Å²) in [4.78, 5) is 0. The fraction of sp³-hybridized carbons (Fsp3) is 1.00. The molecule has 0 saturated carbocycles. The van der Waals surface area contributed by atoms with Gasteiger partial charge in [-0.15, -0.1) is 0 Å². The summed E-state index contributed by atoms with van der Waals surface area (Å²) >= 11 is 0. The number of hydrogen-bond donors (Lipinski definition) is 1. The van der Waals surface area contributed by atoms with Crippen LogP contribution in [0.5, 0.6) is 0 Å². The molecule has 0 spiro atoms. The van der Waals surface area contributed by atoms with Crippen molar-refractivity contribution >= 4 is 7.85 Å². The summed E-state index contributed by atoms with van der Waals surface area (Å²) in [6, 6.07) is 0. The van der Waals surface area contributed by atoms with Crippen molar-refractivity contribution in [1.29, 1.82) is 0 Å². The van der Waals surface area contributed by atoms with Gasteiger partial charge in [-0.05, 0) is 13.0 Å². The van der Waals surface area contributed by atoms with Crippen LogP contribution in [0.4, 0.5) is 0 Å². The van der Waals surface area contributed by atoms with E-state index < -0.39 is 0 Å². The zero-order chi connectivity index (χ0) is 6.95. The van der Waals surface area contributed by atoms with Crippen LogP contribution in [-0.4, -0.2) is 14.4 Å². The SMILES string of the molecule is BCCCCCCCN. The van der Waals surface area contributed by atoms with E-state index >= 15 is 0 Å². The molecule has 0 unspecified atom stereocenters. The van der Waals surface area contributed by atoms with E-state index in [-0.39, 0.29) is 0 Å². The average molecular weight is 127 g/mol. The second-order valence-electron chi connectivity index (χ2n) is 2.56. The zero-order valence-electron chi connectivity index (χ0n) is 6.53. The van der Waals surface area contributed by atoms with Gasteiger partial charge < -0.3 is 5.73 Å². The summed E-state index contributed by atoms with van der Waals surface area (Å²) in [7, 11) is 2.24. The van der Waals surface area contributed by atoms with Gasteiger partial charge in [0.15, 0.2) is 0 Å². The second-order valence-corrected chi connectivity index (χ2v) is 2.56. The summed E-state index contributed by atoms with van der Waals surface area (Å²) in [6.45, 7) is 0.867. The first-order valence-corrected chi connectivity index (χ1v) is 4.12. The Kier molecular flexibility index (Phi) is 8.05. The lowest BCUT2D eigenvalue weighted by Crippen LogP contribution is -1.97. The van der Waals surface area contributed by atoms with Crippen molar-refractivity contribution < 1.29 is 0 Å². The Morgan fingerprint density at radius 1 is 0.889 bits per heavy atom. The van der Waals surface area contributed by atoms with E-state index in [0.717, 1.165) is 6.54 Å². The molecule has 0 saturated heterocycles. The summed E-state index contributed by atoms with van der Waals surface area (Å²) in [6.07, 6.45) is 8.05. The van der Waals surface area contributed by atoms with Crippen LogP contribution in [0.3, 0.4) is 0 Å². The third kappa shape index (κ3) is 8.02. The van der Waals surface area contributed by atoms with Crippen LogP contribution < -0.4 is 5.73 Å². The molecule has 0 aliphatic rings. The fourth-order valence-corrected chi connectivity index (χ4v) is 0.925. The standard InChI is InChI=1S/C7H18BN/c8-6-4-2-1-3-5-7-9/h1-9H2. The smallest absolute Gasteiger partial charge is 0.101 e. The van der Waals surface area contributed by atoms with E-state index in [9.17, 15) is 0 Å². The molecule has 0 aromatic carbocycles. The predicted octanol–water partition coefficient (Wildman–Crippen LogP) is 0.947. The van der Waals surface area contributed by atoms with Crippen molar-refractivity contribution in [3.63, 3.8) is 0 Å². The second kappa shape index (κ2) is 8.02. The number of hydrogen-bond acceptors (Lipinski definition) is 1. The van der Waals surface area contributed by atoms with Gasteiger partial charge >= 0.3 is 0 Å². The van der Waals surface area contributed by atoms with Gasteiger partial charge in [0.05, 0.1) is 0 Å². The highest BCUT2D eigenvalue weighted by Crippen LogP contribution is 2.02. The van der Waals surface area contributed by atoms with Crippen LogP contribution in [0.2, 0.25) is 6.32 Å². The predicted molar refractivity (Wildman–Crippen MR) is 45.5 cm³/mol. The maximum absolute atomic E-state index is 5.34. The summed E-state index contributed by atoms with van der Waals surface area (Å²) in [5.41, 5.74) is 5.34. The number of rotatable bonds is 6. The van der Waals surface area contributed by atoms with E-state index in [1.54, 1.807) is 0 Å². The average Bonchev–Trinajstić information content (AvgIpc) is 1.89. The van der Waals surface area contributed by atoms with E-state index in [4.69, 9.17) is 5.73 Å². The molecule has 0 rings (SSSR count). The van der Waals surface area contributed by atoms with Crippen molar-refractivity contribution in [2.45, 2.75) is 38.4 Å². The van der Waals surface area contributed by atoms with Crippen molar-refractivity contribution in [3.05, 3.63) is 0 Å². The lowest BCUT2D eigenvalue weighted by atomic mass is 9.99. The molecule has 0 aliphatic carbocycles. The van der Waals surface area contributed by atoms with Gasteiger partial charge in [-0.2, -0.15) is 0 Å². The molecule has 0 amide bonds. The molecule has 0 fully saturated rings. The van der Waals surface area contributed by atoms with Gasteiger partial charge in [0.1, 0.15) is 7.85 Å². The van der Waals surface area contributed by atoms with Gasteiger partial charge in [-0.25, -0.2) is 0 Å². The molecule has 0 aromatic rings. The topological polar surface area (TPSA) is 26.0 Å². The molecule has 1 nitrogen and oxygen atoms in total. The first-order chi connectivity index (χ1) is 4.41. The quantitative estimate of drug-likeness (QED) is 0.417. The molecular formula is C7H18BN. The van der Waals surface area contributed by atoms with Crippen LogP contribution in [-0.2, 0) is 0 Å². The Hall–Kier alpha value is 0.0249. The molecule has 0 aliphatic heterocycles. The molecular weight excluding hydrogens is 109 g/mol. The lowest BCUT2D eigenvalue weighted by molar-refractivity contribution is 0.638.